The number of hydrogen-bond acceptors (Lipinski definition) is 4. The van der Waals surface area contributed by atoms with Crippen LogP contribution in [-0.4, -0.2) is 46.8 Å². The van der Waals surface area contributed by atoms with Gasteiger partial charge in [-0.15, -0.1) is 12.4 Å². The van der Waals surface area contributed by atoms with Crippen molar-refractivity contribution >= 4 is 18.3 Å². The van der Waals surface area contributed by atoms with E-state index in [-0.39, 0.29) is 24.4 Å². The van der Waals surface area contributed by atoms with Crippen molar-refractivity contribution in [1.82, 2.24) is 14.7 Å². The third-order valence-corrected chi connectivity index (χ3v) is 5.23. The fourth-order valence-corrected chi connectivity index (χ4v) is 3.71. The highest BCUT2D eigenvalue weighted by atomic mass is 35.5. The topological polar surface area (TPSA) is 73.4 Å². The highest BCUT2D eigenvalue weighted by molar-refractivity contribution is 5.94. The smallest absolute Gasteiger partial charge is 0.274 e. The van der Waals surface area contributed by atoms with E-state index in [0.29, 0.717) is 12.2 Å². The van der Waals surface area contributed by atoms with Crippen LogP contribution in [0.25, 0.3) is 16.9 Å². The summed E-state index contributed by atoms with van der Waals surface area (Å²) in [5.41, 5.74) is 9.03. The van der Waals surface area contributed by atoms with E-state index in [0.717, 1.165) is 42.1 Å². The number of rotatable bonds is 5. The molecule has 6 nitrogen and oxygen atoms in total. The number of amides is 1. The van der Waals surface area contributed by atoms with Crippen LogP contribution in [0.1, 0.15) is 23.3 Å². The average Bonchev–Trinajstić information content (AvgIpc) is 3.41. The van der Waals surface area contributed by atoms with Gasteiger partial charge in [0.2, 0.25) is 0 Å². The van der Waals surface area contributed by atoms with Gasteiger partial charge in [0.25, 0.3) is 5.91 Å². The molecule has 2 N–H and O–H groups in total. The standard InChI is InChI=1S/C22H24N4O2.ClH/c1-28-19-11-9-16(10-12-19)21-14-20(22(27)25-13-5-8-18(25)15-23)24-26(21)17-6-3-2-4-7-17;/h2-4,6-7,9-12,14,18H,5,8,13,15,23H2,1H3;1H. The molecule has 2 heterocycles. The van der Waals surface area contributed by atoms with Crippen molar-refractivity contribution in [1.29, 1.82) is 0 Å². The van der Waals surface area contributed by atoms with Gasteiger partial charge in [-0.25, -0.2) is 4.68 Å². The summed E-state index contributed by atoms with van der Waals surface area (Å²) in [5.74, 6) is 0.728. The van der Waals surface area contributed by atoms with Crippen LogP contribution in [0, 0.1) is 0 Å². The summed E-state index contributed by atoms with van der Waals surface area (Å²) < 4.78 is 7.08. The number of hydrogen-bond donors (Lipinski definition) is 1. The van der Waals surface area contributed by atoms with E-state index in [4.69, 9.17) is 10.5 Å². The lowest BCUT2D eigenvalue weighted by atomic mass is 10.1. The molecule has 0 bridgehead atoms. The lowest BCUT2D eigenvalue weighted by molar-refractivity contribution is 0.0734. The zero-order valence-corrected chi connectivity index (χ0v) is 17.1. The largest absolute Gasteiger partial charge is 0.497 e. The quantitative estimate of drug-likeness (QED) is 0.695. The van der Waals surface area contributed by atoms with E-state index in [2.05, 4.69) is 5.10 Å². The van der Waals surface area contributed by atoms with Crippen LogP contribution in [0.2, 0.25) is 0 Å². The van der Waals surface area contributed by atoms with Crippen LogP contribution in [0.3, 0.4) is 0 Å². The third-order valence-electron chi connectivity index (χ3n) is 5.23. The minimum Gasteiger partial charge on any atom is -0.497 e. The molecule has 1 aliphatic heterocycles. The summed E-state index contributed by atoms with van der Waals surface area (Å²) in [6.45, 7) is 1.22. The second-order valence-electron chi connectivity index (χ2n) is 6.92. The van der Waals surface area contributed by atoms with Gasteiger partial charge in [-0.3, -0.25) is 4.79 Å². The van der Waals surface area contributed by atoms with Gasteiger partial charge in [0, 0.05) is 24.7 Å². The van der Waals surface area contributed by atoms with Crippen molar-refractivity contribution < 1.29 is 9.53 Å². The minimum absolute atomic E-state index is 0. The number of ether oxygens (including phenoxy) is 1. The Balaban J connectivity index is 0.00000240. The molecule has 1 saturated heterocycles. The molecule has 29 heavy (non-hydrogen) atoms. The van der Waals surface area contributed by atoms with E-state index >= 15 is 0 Å². The first-order valence-corrected chi connectivity index (χ1v) is 9.52. The van der Waals surface area contributed by atoms with Gasteiger partial charge in [0.15, 0.2) is 5.69 Å². The predicted octanol–water partition coefficient (Wildman–Crippen LogP) is 3.53. The number of nitrogens with zero attached hydrogens (tertiary/aromatic N) is 3. The monoisotopic (exact) mass is 412 g/mol. The third kappa shape index (κ3) is 4.13. The molecule has 3 aromatic rings. The van der Waals surface area contributed by atoms with Crippen LogP contribution in [0.15, 0.2) is 60.7 Å². The van der Waals surface area contributed by atoms with E-state index in [1.807, 2.05) is 70.2 Å². The van der Waals surface area contributed by atoms with Gasteiger partial charge >= 0.3 is 0 Å². The summed E-state index contributed by atoms with van der Waals surface area (Å²) in [5, 5.41) is 4.67. The Morgan fingerprint density at radius 3 is 2.55 bits per heavy atom. The molecular weight excluding hydrogens is 388 g/mol. The Kier molecular flexibility index (Phi) is 6.56. The van der Waals surface area contributed by atoms with Gasteiger partial charge < -0.3 is 15.4 Å². The number of likely N-dealkylation sites (tertiary alicyclic amines) is 1. The molecule has 0 radical (unpaired) electrons. The maximum Gasteiger partial charge on any atom is 0.274 e. The normalized spacial score (nSPS) is 15.8. The summed E-state index contributed by atoms with van der Waals surface area (Å²) in [6.07, 6.45) is 1.94. The maximum absolute atomic E-state index is 13.1. The van der Waals surface area contributed by atoms with Crippen LogP contribution in [0.4, 0.5) is 0 Å². The number of benzene rings is 2. The van der Waals surface area contributed by atoms with E-state index in [9.17, 15) is 4.79 Å². The summed E-state index contributed by atoms with van der Waals surface area (Å²) in [4.78, 5) is 15.0. The molecule has 7 heteroatoms. The fourth-order valence-electron chi connectivity index (χ4n) is 3.71. The van der Waals surface area contributed by atoms with Gasteiger partial charge in [-0.1, -0.05) is 18.2 Å². The van der Waals surface area contributed by atoms with Gasteiger partial charge in [0.1, 0.15) is 5.75 Å². The zero-order valence-electron chi connectivity index (χ0n) is 16.3. The Morgan fingerprint density at radius 1 is 1.17 bits per heavy atom. The van der Waals surface area contributed by atoms with Crippen molar-refractivity contribution in [3.8, 4) is 22.7 Å². The maximum atomic E-state index is 13.1. The molecule has 2 aromatic carbocycles. The lowest BCUT2D eigenvalue weighted by Gasteiger charge is -2.22. The zero-order chi connectivity index (χ0) is 19.5. The van der Waals surface area contributed by atoms with Crippen molar-refractivity contribution in [2.45, 2.75) is 18.9 Å². The Bertz CT molecular complexity index is 957. The highest BCUT2D eigenvalue weighted by Crippen LogP contribution is 2.27. The molecule has 0 saturated carbocycles. The molecule has 1 fully saturated rings. The summed E-state index contributed by atoms with van der Waals surface area (Å²) in [7, 11) is 1.64. The van der Waals surface area contributed by atoms with Crippen LogP contribution in [-0.2, 0) is 0 Å². The molecule has 0 aliphatic carbocycles. The average molecular weight is 413 g/mol. The number of aromatic nitrogens is 2. The van der Waals surface area contributed by atoms with Crippen molar-refractivity contribution in [3.63, 3.8) is 0 Å². The fraction of sp³-hybridized carbons (Fsp3) is 0.273. The number of methoxy groups -OCH3 is 1. The Hall–Kier alpha value is -2.83. The minimum atomic E-state index is -0.0580. The van der Waals surface area contributed by atoms with E-state index in [1.165, 1.54) is 0 Å². The lowest BCUT2D eigenvalue weighted by Crippen LogP contribution is -2.40. The molecule has 4 rings (SSSR count). The summed E-state index contributed by atoms with van der Waals surface area (Å²) in [6, 6.07) is 19.6. The van der Waals surface area contributed by atoms with E-state index < -0.39 is 0 Å². The van der Waals surface area contributed by atoms with Crippen LogP contribution in [0.5, 0.6) is 5.75 Å². The highest BCUT2D eigenvalue weighted by Gasteiger charge is 2.30. The number of carbonyl (C=O) groups excluding carboxylic acids is 1. The Morgan fingerprint density at radius 2 is 1.90 bits per heavy atom. The first-order valence-electron chi connectivity index (χ1n) is 9.52. The van der Waals surface area contributed by atoms with Crippen molar-refractivity contribution in [3.05, 3.63) is 66.4 Å². The number of carbonyl (C=O) groups is 1. The first kappa shape index (κ1) is 20.9. The van der Waals surface area contributed by atoms with Gasteiger partial charge in [0.05, 0.1) is 18.5 Å². The predicted molar refractivity (Wildman–Crippen MR) is 116 cm³/mol. The number of nitrogens with two attached hydrogens (primary N) is 1. The summed E-state index contributed by atoms with van der Waals surface area (Å²) >= 11 is 0. The SMILES string of the molecule is COc1ccc(-c2cc(C(=O)N3CCCC3CN)nn2-c2ccccc2)cc1.Cl. The van der Waals surface area contributed by atoms with Crippen molar-refractivity contribution in [2.24, 2.45) is 5.73 Å². The molecule has 1 unspecified atom stereocenters. The molecule has 1 aliphatic rings. The Labute approximate surface area is 176 Å². The number of halogens is 1. The molecular formula is C22H25ClN4O2. The van der Waals surface area contributed by atoms with Gasteiger partial charge in [-0.05, 0) is 55.3 Å². The molecule has 0 spiro atoms. The molecule has 1 amide bonds. The van der Waals surface area contributed by atoms with Crippen molar-refractivity contribution in [2.75, 3.05) is 20.2 Å². The van der Waals surface area contributed by atoms with Crippen LogP contribution < -0.4 is 10.5 Å². The first-order chi connectivity index (χ1) is 13.7. The second-order valence-corrected chi connectivity index (χ2v) is 6.92. The number of para-hydroxylation sites is 1. The van der Waals surface area contributed by atoms with Crippen LogP contribution >= 0.6 is 12.4 Å². The molecule has 152 valence electrons. The molecule has 1 atom stereocenters. The van der Waals surface area contributed by atoms with Gasteiger partial charge in [-0.2, -0.15) is 5.10 Å². The second kappa shape index (κ2) is 9.11. The van der Waals surface area contributed by atoms with E-state index in [1.54, 1.807) is 7.11 Å². The molecule has 1 aromatic heterocycles.